The zero-order valence-electron chi connectivity index (χ0n) is 9.07. The fraction of sp³-hybridized carbons (Fsp3) is 0.250. The van der Waals surface area contributed by atoms with E-state index in [0.717, 1.165) is 10.9 Å². The number of carbonyl (C=O) groups excluding carboxylic acids is 1. The number of aryl methyl sites for hydroxylation is 2. The Labute approximate surface area is 88.3 Å². The number of rotatable bonds is 1. The van der Waals surface area contributed by atoms with Gasteiger partial charge in [-0.1, -0.05) is 11.6 Å². The van der Waals surface area contributed by atoms with Crippen LogP contribution >= 0.6 is 0 Å². The molecule has 1 heterocycles. The van der Waals surface area contributed by atoms with E-state index in [1.54, 1.807) is 0 Å². The van der Waals surface area contributed by atoms with E-state index in [0.29, 0.717) is 5.69 Å². The second kappa shape index (κ2) is 3.42. The minimum Gasteiger partial charge on any atom is -0.464 e. The number of ether oxygens (including phenoxy) is 1. The SMILES string of the molecule is COC(=O)c1cc2cc(C)ccc2n1C. The molecule has 2 rings (SSSR count). The van der Waals surface area contributed by atoms with Gasteiger partial charge in [-0.15, -0.1) is 0 Å². The lowest BCUT2D eigenvalue weighted by molar-refractivity contribution is 0.0590. The number of fused-ring (bicyclic) bond motifs is 1. The van der Waals surface area contributed by atoms with Crippen LogP contribution in [0.5, 0.6) is 0 Å². The van der Waals surface area contributed by atoms with E-state index < -0.39 is 0 Å². The molecule has 3 nitrogen and oxygen atoms in total. The summed E-state index contributed by atoms with van der Waals surface area (Å²) in [4.78, 5) is 11.4. The Morgan fingerprint density at radius 1 is 1.33 bits per heavy atom. The number of nitrogens with zero attached hydrogens (tertiary/aromatic N) is 1. The Kier molecular flexibility index (Phi) is 2.23. The molecule has 0 unspecified atom stereocenters. The first-order chi connectivity index (χ1) is 7.13. The molecule has 0 aliphatic heterocycles. The summed E-state index contributed by atoms with van der Waals surface area (Å²) in [6, 6.07) is 7.95. The fourth-order valence-electron chi connectivity index (χ4n) is 1.77. The molecule has 0 saturated heterocycles. The number of carbonyl (C=O) groups is 1. The molecule has 0 N–H and O–H groups in total. The molecule has 1 aromatic heterocycles. The summed E-state index contributed by atoms with van der Waals surface area (Å²) < 4.78 is 6.56. The Balaban J connectivity index is 2.69. The summed E-state index contributed by atoms with van der Waals surface area (Å²) in [5.41, 5.74) is 2.81. The molecule has 1 aromatic carbocycles. The molecule has 0 aliphatic carbocycles. The lowest BCUT2D eigenvalue weighted by Gasteiger charge is -2.01. The topological polar surface area (TPSA) is 31.2 Å². The summed E-state index contributed by atoms with van der Waals surface area (Å²) in [7, 11) is 3.26. The van der Waals surface area contributed by atoms with E-state index >= 15 is 0 Å². The third-order valence-corrected chi connectivity index (χ3v) is 2.59. The molecule has 0 radical (unpaired) electrons. The van der Waals surface area contributed by atoms with Crippen molar-refractivity contribution in [2.75, 3.05) is 7.11 Å². The average Bonchev–Trinajstić information content (AvgIpc) is 2.54. The van der Waals surface area contributed by atoms with Crippen molar-refractivity contribution < 1.29 is 9.53 Å². The predicted molar refractivity (Wildman–Crippen MR) is 59.0 cm³/mol. The van der Waals surface area contributed by atoms with Crippen LogP contribution in [0.15, 0.2) is 24.3 Å². The number of aromatic nitrogens is 1. The lowest BCUT2D eigenvalue weighted by Crippen LogP contribution is -2.06. The van der Waals surface area contributed by atoms with Crippen LogP contribution in [0.1, 0.15) is 16.1 Å². The summed E-state index contributed by atoms with van der Waals surface area (Å²) in [6.45, 7) is 2.03. The second-order valence-corrected chi connectivity index (χ2v) is 3.64. The normalized spacial score (nSPS) is 10.6. The van der Waals surface area contributed by atoms with Gasteiger partial charge in [-0.2, -0.15) is 0 Å². The van der Waals surface area contributed by atoms with E-state index in [4.69, 9.17) is 4.74 Å². The Hall–Kier alpha value is -1.77. The molecule has 0 spiro atoms. The maximum Gasteiger partial charge on any atom is 0.354 e. The highest BCUT2D eigenvalue weighted by Gasteiger charge is 2.12. The summed E-state index contributed by atoms with van der Waals surface area (Å²) in [5, 5.41) is 1.07. The quantitative estimate of drug-likeness (QED) is 0.666. The van der Waals surface area contributed by atoms with Gasteiger partial charge in [-0.3, -0.25) is 0 Å². The van der Waals surface area contributed by atoms with Gasteiger partial charge in [0.2, 0.25) is 0 Å². The van der Waals surface area contributed by atoms with Crippen molar-refractivity contribution in [1.82, 2.24) is 4.57 Å². The largest absolute Gasteiger partial charge is 0.464 e. The molecular weight excluding hydrogens is 190 g/mol. The van der Waals surface area contributed by atoms with Crippen LogP contribution < -0.4 is 0 Å². The first-order valence-electron chi connectivity index (χ1n) is 4.78. The van der Waals surface area contributed by atoms with Crippen molar-refractivity contribution in [2.24, 2.45) is 7.05 Å². The van der Waals surface area contributed by atoms with Crippen molar-refractivity contribution in [3.63, 3.8) is 0 Å². The first-order valence-corrected chi connectivity index (χ1v) is 4.78. The second-order valence-electron chi connectivity index (χ2n) is 3.64. The number of hydrogen-bond acceptors (Lipinski definition) is 2. The number of hydrogen-bond donors (Lipinski definition) is 0. The summed E-state index contributed by atoms with van der Waals surface area (Å²) in [6.07, 6.45) is 0. The highest BCUT2D eigenvalue weighted by Crippen LogP contribution is 2.20. The molecular formula is C12H13NO2. The highest BCUT2D eigenvalue weighted by atomic mass is 16.5. The van der Waals surface area contributed by atoms with Gasteiger partial charge in [0.1, 0.15) is 5.69 Å². The van der Waals surface area contributed by atoms with Gasteiger partial charge >= 0.3 is 5.97 Å². The van der Waals surface area contributed by atoms with Gasteiger partial charge in [-0.25, -0.2) is 4.79 Å². The molecule has 15 heavy (non-hydrogen) atoms. The lowest BCUT2D eigenvalue weighted by atomic mass is 10.2. The Morgan fingerprint density at radius 3 is 2.73 bits per heavy atom. The molecule has 78 valence electrons. The maximum atomic E-state index is 11.4. The summed E-state index contributed by atoms with van der Waals surface area (Å²) in [5.74, 6) is -0.300. The summed E-state index contributed by atoms with van der Waals surface area (Å²) >= 11 is 0. The monoisotopic (exact) mass is 203 g/mol. The zero-order valence-corrected chi connectivity index (χ0v) is 9.07. The number of esters is 1. The highest BCUT2D eigenvalue weighted by molar-refractivity contribution is 5.95. The third kappa shape index (κ3) is 1.50. The zero-order chi connectivity index (χ0) is 11.0. The van der Waals surface area contributed by atoms with Crippen molar-refractivity contribution in [3.8, 4) is 0 Å². The van der Waals surface area contributed by atoms with Crippen LogP contribution in [0.2, 0.25) is 0 Å². The van der Waals surface area contributed by atoms with Crippen LogP contribution in [0, 0.1) is 6.92 Å². The molecule has 0 atom stereocenters. The van der Waals surface area contributed by atoms with Crippen molar-refractivity contribution in [2.45, 2.75) is 6.92 Å². The fourth-order valence-corrected chi connectivity index (χ4v) is 1.77. The molecule has 3 heteroatoms. The van der Waals surface area contributed by atoms with Gasteiger partial charge in [0, 0.05) is 18.0 Å². The van der Waals surface area contributed by atoms with Crippen LogP contribution in [0.3, 0.4) is 0 Å². The maximum absolute atomic E-state index is 11.4. The molecule has 0 fully saturated rings. The van der Waals surface area contributed by atoms with Crippen LogP contribution in [0.4, 0.5) is 0 Å². The average molecular weight is 203 g/mol. The van der Waals surface area contributed by atoms with Crippen molar-refractivity contribution in [3.05, 3.63) is 35.5 Å². The van der Waals surface area contributed by atoms with Crippen LogP contribution in [-0.2, 0) is 11.8 Å². The standard InChI is InChI=1S/C12H13NO2/c1-8-4-5-10-9(6-8)7-11(13(10)2)12(14)15-3/h4-7H,1-3H3. The van der Waals surface area contributed by atoms with Crippen LogP contribution in [0.25, 0.3) is 10.9 Å². The molecule has 0 aliphatic rings. The van der Waals surface area contributed by atoms with E-state index in [1.165, 1.54) is 12.7 Å². The molecule has 0 bridgehead atoms. The van der Waals surface area contributed by atoms with Crippen molar-refractivity contribution >= 4 is 16.9 Å². The number of benzene rings is 1. The first kappa shape index (κ1) is 9.77. The molecule has 0 amide bonds. The van der Waals surface area contributed by atoms with E-state index in [-0.39, 0.29) is 5.97 Å². The van der Waals surface area contributed by atoms with Crippen molar-refractivity contribution in [1.29, 1.82) is 0 Å². The predicted octanol–water partition coefficient (Wildman–Crippen LogP) is 2.27. The Bertz CT molecular complexity index is 526. The van der Waals surface area contributed by atoms with Crippen LogP contribution in [-0.4, -0.2) is 17.6 Å². The van der Waals surface area contributed by atoms with Gasteiger partial charge in [0.25, 0.3) is 0 Å². The van der Waals surface area contributed by atoms with E-state index in [2.05, 4.69) is 6.07 Å². The van der Waals surface area contributed by atoms with Gasteiger partial charge in [-0.05, 0) is 25.1 Å². The van der Waals surface area contributed by atoms with E-state index in [9.17, 15) is 4.79 Å². The third-order valence-electron chi connectivity index (χ3n) is 2.59. The minimum absolute atomic E-state index is 0.300. The number of methoxy groups -OCH3 is 1. The van der Waals surface area contributed by atoms with E-state index in [1.807, 2.05) is 36.7 Å². The minimum atomic E-state index is -0.300. The Morgan fingerprint density at radius 2 is 2.07 bits per heavy atom. The molecule has 0 saturated carbocycles. The van der Waals surface area contributed by atoms with Gasteiger partial charge < -0.3 is 9.30 Å². The van der Waals surface area contributed by atoms with Gasteiger partial charge in [0.15, 0.2) is 0 Å². The smallest absolute Gasteiger partial charge is 0.354 e. The molecule has 2 aromatic rings. The van der Waals surface area contributed by atoms with Gasteiger partial charge in [0.05, 0.1) is 7.11 Å².